The van der Waals surface area contributed by atoms with Crippen molar-refractivity contribution >= 4 is 11.6 Å². The van der Waals surface area contributed by atoms with E-state index in [9.17, 15) is 9.50 Å². The van der Waals surface area contributed by atoms with Crippen molar-refractivity contribution in [2.24, 2.45) is 0 Å². The lowest BCUT2D eigenvalue weighted by molar-refractivity contribution is 0.177. The summed E-state index contributed by atoms with van der Waals surface area (Å²) in [6.45, 7) is 1.86. The van der Waals surface area contributed by atoms with Crippen LogP contribution in [0.4, 0.5) is 4.39 Å². The van der Waals surface area contributed by atoms with E-state index in [0.29, 0.717) is 17.0 Å². The summed E-state index contributed by atoms with van der Waals surface area (Å²) in [5, 5.41) is 10.8. The van der Waals surface area contributed by atoms with Crippen LogP contribution in [0.15, 0.2) is 42.5 Å². The molecule has 0 aromatic heterocycles. The maximum Gasteiger partial charge on any atom is 0.123 e. The standard InChI is InChI=1S/C15H14ClFO/c1-10-5-6-13(17)9-14(10)15(18)8-11-3-2-4-12(16)7-11/h2-7,9,15,18H,8H2,1H3. The van der Waals surface area contributed by atoms with E-state index in [2.05, 4.69) is 0 Å². The van der Waals surface area contributed by atoms with Gasteiger partial charge in [0.15, 0.2) is 0 Å². The smallest absolute Gasteiger partial charge is 0.123 e. The molecular formula is C15H14ClFO. The predicted molar refractivity (Wildman–Crippen MR) is 71.3 cm³/mol. The van der Waals surface area contributed by atoms with Crippen LogP contribution in [0, 0.1) is 12.7 Å². The Labute approximate surface area is 111 Å². The third-order valence-electron chi connectivity index (χ3n) is 2.92. The quantitative estimate of drug-likeness (QED) is 0.886. The van der Waals surface area contributed by atoms with Gasteiger partial charge in [-0.15, -0.1) is 0 Å². The summed E-state index contributed by atoms with van der Waals surface area (Å²) in [5.74, 6) is -0.333. The molecule has 0 heterocycles. The van der Waals surface area contributed by atoms with Gasteiger partial charge in [0.1, 0.15) is 5.82 Å². The number of benzene rings is 2. The molecule has 18 heavy (non-hydrogen) atoms. The molecule has 0 bridgehead atoms. The van der Waals surface area contributed by atoms with Crippen molar-refractivity contribution in [3.8, 4) is 0 Å². The topological polar surface area (TPSA) is 20.2 Å². The first kappa shape index (κ1) is 13.1. The largest absolute Gasteiger partial charge is 0.388 e. The molecule has 1 nitrogen and oxygen atoms in total. The van der Waals surface area contributed by atoms with Gasteiger partial charge in [0.05, 0.1) is 6.10 Å². The van der Waals surface area contributed by atoms with Gasteiger partial charge in [-0.2, -0.15) is 0 Å². The van der Waals surface area contributed by atoms with Gasteiger partial charge in [-0.1, -0.05) is 29.8 Å². The van der Waals surface area contributed by atoms with Crippen molar-refractivity contribution in [2.75, 3.05) is 0 Å². The minimum atomic E-state index is -0.723. The third-order valence-corrected chi connectivity index (χ3v) is 3.15. The second-order valence-electron chi connectivity index (χ2n) is 4.35. The van der Waals surface area contributed by atoms with Gasteiger partial charge in [-0.3, -0.25) is 0 Å². The number of aliphatic hydroxyl groups is 1. The molecule has 2 aromatic carbocycles. The molecule has 0 aliphatic carbocycles. The molecular weight excluding hydrogens is 251 g/mol. The Hall–Kier alpha value is -1.38. The monoisotopic (exact) mass is 264 g/mol. The van der Waals surface area contributed by atoms with Gasteiger partial charge in [0.2, 0.25) is 0 Å². The van der Waals surface area contributed by atoms with Crippen LogP contribution in [0.25, 0.3) is 0 Å². The first-order chi connectivity index (χ1) is 8.56. The summed E-state index contributed by atoms with van der Waals surface area (Å²) in [5.41, 5.74) is 2.43. The molecule has 1 atom stereocenters. The number of rotatable bonds is 3. The number of halogens is 2. The number of aryl methyl sites for hydroxylation is 1. The Morgan fingerprint density at radius 1 is 1.22 bits per heavy atom. The zero-order valence-corrected chi connectivity index (χ0v) is 10.8. The summed E-state index contributed by atoms with van der Waals surface area (Å²) in [6.07, 6.45) is -0.302. The fourth-order valence-electron chi connectivity index (χ4n) is 1.97. The fraction of sp³-hybridized carbons (Fsp3) is 0.200. The van der Waals surface area contributed by atoms with Crippen LogP contribution in [0.3, 0.4) is 0 Å². The lowest BCUT2D eigenvalue weighted by Gasteiger charge is -2.14. The summed E-state index contributed by atoms with van der Waals surface area (Å²) in [7, 11) is 0. The van der Waals surface area contributed by atoms with E-state index in [1.54, 1.807) is 18.2 Å². The summed E-state index contributed by atoms with van der Waals surface area (Å²) >= 11 is 5.89. The minimum absolute atomic E-state index is 0.333. The molecule has 0 saturated heterocycles. The van der Waals surface area contributed by atoms with Crippen molar-refractivity contribution in [3.63, 3.8) is 0 Å². The number of hydrogen-bond acceptors (Lipinski definition) is 1. The Bertz CT molecular complexity index is 554. The third kappa shape index (κ3) is 3.09. The zero-order valence-electron chi connectivity index (χ0n) is 10.0. The molecule has 0 saturated carbocycles. The normalized spacial score (nSPS) is 12.4. The Kier molecular flexibility index (Phi) is 4.00. The van der Waals surface area contributed by atoms with Crippen LogP contribution >= 0.6 is 11.6 Å². The van der Waals surface area contributed by atoms with E-state index in [1.807, 2.05) is 19.1 Å². The van der Waals surface area contributed by atoms with E-state index < -0.39 is 6.10 Å². The molecule has 2 rings (SSSR count). The highest BCUT2D eigenvalue weighted by molar-refractivity contribution is 6.30. The number of hydrogen-bond donors (Lipinski definition) is 1. The van der Waals surface area contributed by atoms with Crippen LogP contribution in [0.5, 0.6) is 0 Å². The molecule has 3 heteroatoms. The maximum absolute atomic E-state index is 13.2. The molecule has 94 valence electrons. The molecule has 0 radical (unpaired) electrons. The van der Waals surface area contributed by atoms with Crippen molar-refractivity contribution in [2.45, 2.75) is 19.4 Å². The van der Waals surface area contributed by atoms with E-state index in [4.69, 9.17) is 11.6 Å². The Morgan fingerprint density at radius 2 is 2.00 bits per heavy atom. The average molecular weight is 265 g/mol. The van der Waals surface area contributed by atoms with Gasteiger partial charge in [-0.25, -0.2) is 4.39 Å². The van der Waals surface area contributed by atoms with Crippen LogP contribution < -0.4 is 0 Å². The van der Waals surface area contributed by atoms with Gasteiger partial charge >= 0.3 is 0 Å². The molecule has 1 N–H and O–H groups in total. The van der Waals surface area contributed by atoms with Crippen molar-refractivity contribution in [1.82, 2.24) is 0 Å². The lowest BCUT2D eigenvalue weighted by Crippen LogP contribution is -2.04. The van der Waals surface area contributed by atoms with E-state index in [0.717, 1.165) is 11.1 Å². The highest BCUT2D eigenvalue weighted by Crippen LogP contribution is 2.23. The van der Waals surface area contributed by atoms with Crippen LogP contribution in [-0.2, 0) is 6.42 Å². The van der Waals surface area contributed by atoms with Crippen LogP contribution in [0.2, 0.25) is 5.02 Å². The molecule has 1 unspecified atom stereocenters. The van der Waals surface area contributed by atoms with Crippen molar-refractivity contribution in [3.05, 3.63) is 70.0 Å². The van der Waals surface area contributed by atoms with Gasteiger partial charge in [-0.05, 0) is 47.9 Å². The van der Waals surface area contributed by atoms with Gasteiger partial charge in [0.25, 0.3) is 0 Å². The fourth-order valence-corrected chi connectivity index (χ4v) is 2.18. The van der Waals surface area contributed by atoms with Crippen LogP contribution in [0.1, 0.15) is 22.8 Å². The average Bonchev–Trinajstić information content (AvgIpc) is 2.32. The van der Waals surface area contributed by atoms with Gasteiger partial charge in [0, 0.05) is 11.4 Å². The highest BCUT2D eigenvalue weighted by atomic mass is 35.5. The Balaban J connectivity index is 2.21. The molecule has 0 aliphatic rings. The lowest BCUT2D eigenvalue weighted by atomic mass is 9.98. The van der Waals surface area contributed by atoms with E-state index >= 15 is 0 Å². The first-order valence-corrected chi connectivity index (χ1v) is 6.12. The second kappa shape index (κ2) is 5.51. The molecule has 0 amide bonds. The maximum atomic E-state index is 13.2. The van der Waals surface area contributed by atoms with E-state index in [1.165, 1.54) is 12.1 Å². The van der Waals surface area contributed by atoms with Crippen molar-refractivity contribution in [1.29, 1.82) is 0 Å². The Morgan fingerprint density at radius 3 is 2.72 bits per heavy atom. The zero-order chi connectivity index (χ0) is 13.1. The SMILES string of the molecule is Cc1ccc(F)cc1C(O)Cc1cccc(Cl)c1. The van der Waals surface area contributed by atoms with E-state index in [-0.39, 0.29) is 5.82 Å². The minimum Gasteiger partial charge on any atom is -0.388 e. The molecule has 0 fully saturated rings. The summed E-state index contributed by atoms with van der Waals surface area (Å²) in [4.78, 5) is 0. The first-order valence-electron chi connectivity index (χ1n) is 5.75. The van der Waals surface area contributed by atoms with Crippen LogP contribution in [-0.4, -0.2) is 5.11 Å². The highest BCUT2D eigenvalue weighted by Gasteiger charge is 2.12. The second-order valence-corrected chi connectivity index (χ2v) is 4.79. The molecule has 2 aromatic rings. The van der Waals surface area contributed by atoms with Crippen molar-refractivity contribution < 1.29 is 9.50 Å². The van der Waals surface area contributed by atoms with Gasteiger partial charge < -0.3 is 5.11 Å². The molecule has 0 spiro atoms. The molecule has 0 aliphatic heterocycles. The summed E-state index contributed by atoms with van der Waals surface area (Å²) in [6, 6.07) is 11.8. The summed E-state index contributed by atoms with van der Waals surface area (Å²) < 4.78 is 13.2. The number of aliphatic hydroxyl groups excluding tert-OH is 1. The predicted octanol–water partition coefficient (Wildman–Crippen LogP) is 4.06.